The molecule has 1 atom stereocenters. The van der Waals surface area contributed by atoms with E-state index in [2.05, 4.69) is 4.90 Å². The van der Waals surface area contributed by atoms with Gasteiger partial charge in [0, 0.05) is 30.4 Å². The van der Waals surface area contributed by atoms with E-state index < -0.39 is 0 Å². The first-order valence-electron chi connectivity index (χ1n) is 11.9. The summed E-state index contributed by atoms with van der Waals surface area (Å²) in [5.41, 5.74) is 3.40. The second kappa shape index (κ2) is 11.3. The number of likely N-dealkylation sites (tertiary alicyclic amines) is 1. The lowest BCUT2D eigenvalue weighted by Gasteiger charge is -2.34. The normalized spacial score (nSPS) is 16.4. The maximum absolute atomic E-state index is 12.9. The van der Waals surface area contributed by atoms with Gasteiger partial charge in [-0.05, 0) is 49.1 Å². The number of hydrogen-bond donors (Lipinski definition) is 1. The summed E-state index contributed by atoms with van der Waals surface area (Å²) in [7, 11) is 0. The van der Waals surface area contributed by atoms with Crippen LogP contribution in [0, 0.1) is 6.92 Å². The van der Waals surface area contributed by atoms with Gasteiger partial charge in [-0.3, -0.25) is 14.5 Å². The summed E-state index contributed by atoms with van der Waals surface area (Å²) in [5, 5.41) is 9.65. The van der Waals surface area contributed by atoms with Crippen molar-refractivity contribution in [2.75, 3.05) is 13.2 Å². The molecule has 1 fully saturated rings. The van der Waals surface area contributed by atoms with E-state index in [0.717, 1.165) is 49.0 Å². The monoisotopic (exact) mass is 460 g/mol. The van der Waals surface area contributed by atoms with Crippen LogP contribution in [0.15, 0.2) is 71.7 Å². The lowest BCUT2D eigenvalue weighted by molar-refractivity contribution is 0.0841. The number of Topliss-reactive ketones (excluding diaryl/α,β-unsaturated/α-hetero) is 1. The van der Waals surface area contributed by atoms with Crippen LogP contribution in [0.1, 0.15) is 46.3 Å². The maximum atomic E-state index is 12.9. The molecule has 1 aromatic heterocycles. The SMILES string of the molecule is Cc1cc(CN2CCCC[C@@H]2CO)ccc1C(=O)Cn1ccc(OCc2ccccc2)cc1=O. The van der Waals surface area contributed by atoms with E-state index in [0.29, 0.717) is 17.9 Å². The highest BCUT2D eigenvalue weighted by Gasteiger charge is 2.22. The molecule has 2 aromatic carbocycles. The van der Waals surface area contributed by atoms with Gasteiger partial charge in [-0.1, -0.05) is 55.0 Å². The highest BCUT2D eigenvalue weighted by Crippen LogP contribution is 2.21. The molecule has 1 aliphatic rings. The second-order valence-electron chi connectivity index (χ2n) is 8.98. The Hall–Kier alpha value is -3.22. The van der Waals surface area contributed by atoms with Crippen molar-refractivity contribution in [2.24, 2.45) is 0 Å². The number of aryl methyl sites for hydroxylation is 1. The van der Waals surface area contributed by atoms with Crippen molar-refractivity contribution in [3.05, 3.63) is 99.5 Å². The molecule has 1 N–H and O–H groups in total. The van der Waals surface area contributed by atoms with Crippen LogP contribution in [0.2, 0.25) is 0 Å². The molecule has 178 valence electrons. The van der Waals surface area contributed by atoms with E-state index in [9.17, 15) is 14.7 Å². The van der Waals surface area contributed by atoms with Gasteiger partial charge in [0.25, 0.3) is 5.56 Å². The van der Waals surface area contributed by atoms with Crippen molar-refractivity contribution in [1.82, 2.24) is 9.47 Å². The third kappa shape index (κ3) is 6.01. The minimum atomic E-state index is -0.270. The Kier molecular flexibility index (Phi) is 7.93. The molecule has 0 bridgehead atoms. The molecule has 6 heteroatoms. The smallest absolute Gasteiger partial charge is 0.254 e. The minimum Gasteiger partial charge on any atom is -0.489 e. The summed E-state index contributed by atoms with van der Waals surface area (Å²) in [6, 6.07) is 19.0. The third-order valence-corrected chi connectivity index (χ3v) is 6.47. The molecule has 0 unspecified atom stereocenters. The van der Waals surface area contributed by atoms with Crippen molar-refractivity contribution in [1.29, 1.82) is 0 Å². The van der Waals surface area contributed by atoms with Crippen LogP contribution in [-0.4, -0.2) is 39.6 Å². The number of carbonyl (C=O) groups is 1. The number of rotatable bonds is 9. The number of carbonyl (C=O) groups excluding carboxylic acids is 1. The van der Waals surface area contributed by atoms with Crippen LogP contribution in [-0.2, 0) is 19.7 Å². The molecule has 3 aromatic rings. The lowest BCUT2D eigenvalue weighted by atomic mass is 9.99. The highest BCUT2D eigenvalue weighted by atomic mass is 16.5. The molecule has 2 heterocycles. The van der Waals surface area contributed by atoms with Crippen molar-refractivity contribution in [2.45, 2.75) is 51.9 Å². The van der Waals surface area contributed by atoms with E-state index in [1.807, 2.05) is 55.5 Å². The van der Waals surface area contributed by atoms with Gasteiger partial charge in [-0.15, -0.1) is 0 Å². The number of ether oxygens (including phenoxy) is 1. The molecule has 6 nitrogen and oxygen atoms in total. The minimum absolute atomic E-state index is 0.0172. The summed E-state index contributed by atoms with van der Waals surface area (Å²) < 4.78 is 7.12. The Labute approximate surface area is 200 Å². The summed E-state index contributed by atoms with van der Waals surface area (Å²) in [6.45, 7) is 4.23. The van der Waals surface area contributed by atoms with E-state index >= 15 is 0 Å². The lowest BCUT2D eigenvalue weighted by Crippen LogP contribution is -2.41. The Morgan fingerprint density at radius 2 is 1.88 bits per heavy atom. The number of benzene rings is 2. The van der Waals surface area contributed by atoms with Gasteiger partial charge in [0.05, 0.1) is 13.2 Å². The van der Waals surface area contributed by atoms with Gasteiger partial charge in [-0.25, -0.2) is 0 Å². The van der Waals surface area contributed by atoms with Gasteiger partial charge in [0.2, 0.25) is 0 Å². The van der Waals surface area contributed by atoms with Crippen LogP contribution in [0.4, 0.5) is 0 Å². The molecule has 4 rings (SSSR count). The molecule has 1 saturated heterocycles. The van der Waals surface area contributed by atoms with Gasteiger partial charge in [0.15, 0.2) is 5.78 Å². The summed E-state index contributed by atoms with van der Waals surface area (Å²) in [4.78, 5) is 27.8. The van der Waals surface area contributed by atoms with Crippen LogP contribution < -0.4 is 10.3 Å². The fourth-order valence-corrected chi connectivity index (χ4v) is 4.54. The standard InChI is InChI=1S/C28H32N2O4/c1-21-15-23(17-29-13-6-5-9-24(29)19-31)10-11-26(21)27(32)18-30-14-12-25(16-28(30)33)34-20-22-7-3-2-4-8-22/h2-4,7-8,10-12,14-16,24,31H,5-6,9,13,17-20H2,1H3/t24-/m1/s1. The van der Waals surface area contributed by atoms with Crippen LogP contribution >= 0.6 is 0 Å². The number of ketones is 1. The number of pyridine rings is 1. The second-order valence-corrected chi connectivity index (χ2v) is 8.98. The number of aromatic nitrogens is 1. The molecule has 0 amide bonds. The predicted octanol–water partition coefficient (Wildman–Crippen LogP) is 3.97. The number of aliphatic hydroxyl groups is 1. The Bertz CT molecular complexity index is 1170. The number of aliphatic hydroxyl groups excluding tert-OH is 1. The van der Waals surface area contributed by atoms with Crippen molar-refractivity contribution in [3.8, 4) is 5.75 Å². The summed E-state index contributed by atoms with van der Waals surface area (Å²) in [5.74, 6) is 0.382. The average Bonchev–Trinajstić information content (AvgIpc) is 2.85. The highest BCUT2D eigenvalue weighted by molar-refractivity contribution is 5.97. The third-order valence-electron chi connectivity index (χ3n) is 6.47. The van der Waals surface area contributed by atoms with Crippen LogP contribution in [0.3, 0.4) is 0 Å². The molecule has 1 aliphatic heterocycles. The first kappa shape index (κ1) is 23.9. The topological polar surface area (TPSA) is 71.8 Å². The van der Waals surface area contributed by atoms with Gasteiger partial charge in [-0.2, -0.15) is 0 Å². The Morgan fingerprint density at radius 3 is 2.62 bits per heavy atom. The van der Waals surface area contributed by atoms with Crippen molar-refractivity contribution in [3.63, 3.8) is 0 Å². The maximum Gasteiger partial charge on any atom is 0.254 e. The van der Waals surface area contributed by atoms with Crippen molar-refractivity contribution < 1.29 is 14.6 Å². The largest absolute Gasteiger partial charge is 0.489 e. The van der Waals surface area contributed by atoms with Crippen LogP contribution in [0.5, 0.6) is 5.75 Å². The Morgan fingerprint density at radius 1 is 1.06 bits per heavy atom. The number of hydrogen-bond acceptors (Lipinski definition) is 5. The number of nitrogens with zero attached hydrogens (tertiary/aromatic N) is 2. The molecular formula is C28H32N2O4. The van der Waals surface area contributed by atoms with E-state index in [4.69, 9.17) is 4.74 Å². The average molecular weight is 461 g/mol. The van der Waals surface area contributed by atoms with Gasteiger partial charge in [0.1, 0.15) is 12.4 Å². The van der Waals surface area contributed by atoms with E-state index in [1.165, 1.54) is 10.6 Å². The first-order chi connectivity index (χ1) is 16.5. The zero-order chi connectivity index (χ0) is 23.9. The van der Waals surface area contributed by atoms with Gasteiger partial charge >= 0.3 is 0 Å². The molecule has 0 saturated carbocycles. The number of piperidine rings is 1. The molecule has 0 radical (unpaired) electrons. The fourth-order valence-electron chi connectivity index (χ4n) is 4.54. The summed E-state index contributed by atoms with van der Waals surface area (Å²) >= 11 is 0. The van der Waals surface area contributed by atoms with Gasteiger partial charge < -0.3 is 14.4 Å². The molecule has 0 aliphatic carbocycles. The zero-order valence-corrected chi connectivity index (χ0v) is 19.7. The van der Waals surface area contributed by atoms with E-state index in [-0.39, 0.29) is 30.5 Å². The van der Waals surface area contributed by atoms with Crippen molar-refractivity contribution >= 4 is 5.78 Å². The quantitative estimate of drug-likeness (QED) is 0.490. The summed E-state index contributed by atoms with van der Waals surface area (Å²) in [6.07, 6.45) is 4.94. The Balaban J connectivity index is 1.38. The predicted molar refractivity (Wildman–Crippen MR) is 132 cm³/mol. The first-order valence-corrected chi connectivity index (χ1v) is 11.9. The molecule has 0 spiro atoms. The van der Waals surface area contributed by atoms with Crippen LogP contribution in [0.25, 0.3) is 0 Å². The fraction of sp³-hybridized carbons (Fsp3) is 0.357. The molecular weight excluding hydrogens is 428 g/mol. The zero-order valence-electron chi connectivity index (χ0n) is 19.7. The van der Waals surface area contributed by atoms with E-state index in [1.54, 1.807) is 12.3 Å². The molecule has 34 heavy (non-hydrogen) atoms.